The van der Waals surface area contributed by atoms with Gasteiger partial charge in [0.2, 0.25) is 11.6 Å². The van der Waals surface area contributed by atoms with Gasteiger partial charge in [0, 0.05) is 38.4 Å². The SMILES string of the molecule is Fc1c(F)c(F)c(B(/C(=C/CC2(C/C=C(\B(c3c(F)c(F)c(F)c(F)c3F)c3c(F)c(F)c(F)c(F)c3F)c3c(F)c(F)c(F)c(F)c3F)c3ccccc3-c3ccccc32)c2c(F)c(F)c(F)c(F)c2F)c2c(F)c(F)c(F)c(F)c2F)c(F)c1F. The summed E-state index contributed by atoms with van der Waals surface area (Å²) >= 11 is 0. The molecule has 0 spiro atoms. The van der Waals surface area contributed by atoms with Crippen molar-refractivity contribution in [2.75, 3.05) is 0 Å². The largest absolute Gasteiger partial charge is 0.257 e. The third kappa shape index (κ3) is 9.27. The first-order valence-electron chi connectivity index (χ1n) is 23.4. The molecule has 0 atom stereocenters. The van der Waals surface area contributed by atoms with Crippen molar-refractivity contribution in [3.05, 3.63) is 257 Å². The van der Waals surface area contributed by atoms with Crippen LogP contribution in [0.25, 0.3) is 22.1 Å². The van der Waals surface area contributed by atoms with Gasteiger partial charge >= 0.3 is 0 Å². The molecule has 0 aromatic heterocycles. The van der Waals surface area contributed by atoms with E-state index in [1.54, 1.807) is 0 Å². The van der Waals surface area contributed by atoms with E-state index in [-0.39, 0.29) is 23.3 Å². The maximum absolute atomic E-state index is 16.5. The fraction of sp³-hybridized carbons (Fsp3) is 0.0545. The summed E-state index contributed by atoms with van der Waals surface area (Å²) in [5.74, 6) is -99.0. The number of halogens is 30. The van der Waals surface area contributed by atoms with Crippen LogP contribution in [0.15, 0.2) is 60.7 Å². The average molecular weight is 1270 g/mol. The Labute approximate surface area is 464 Å². The predicted octanol–water partition coefficient (Wildman–Crippen LogP) is 14.8. The van der Waals surface area contributed by atoms with Gasteiger partial charge < -0.3 is 0 Å². The first-order valence-corrected chi connectivity index (χ1v) is 23.4. The van der Waals surface area contributed by atoms with Crippen LogP contribution in [0.3, 0.4) is 0 Å². The zero-order chi connectivity index (χ0) is 64.4. The Balaban J connectivity index is 1.52. The standard InChI is InChI=1S/C55H14B2F30/c58-25-19(26(59)38(71)49(82)37(25)70)17(56(21-29(62)41(74)51(84)42(75)30(21)63)22-31(64)43(76)52(85)44(77)32(22)65)9-11-55(15-7-3-1-5-13(15)14-6-2-4-8-16(14)55)12-10-18(20-27(60)39(72)50(83)40(73)28(20)61)57(23-33(66)45(78)53(86)46(79)34(23)67)24-35(68)47(80)54(87)48(81)36(24)69/h1-10H,11-12H2/b17-9-,18-10+. The van der Waals surface area contributed by atoms with Gasteiger partial charge in [0.15, 0.2) is 163 Å². The van der Waals surface area contributed by atoms with Gasteiger partial charge in [-0.05, 0) is 35.1 Å². The number of rotatable bonds is 12. The molecule has 0 N–H and O–H groups in total. The number of hydrogen-bond acceptors (Lipinski definition) is 0. The van der Waals surface area contributed by atoms with E-state index >= 15 is 105 Å². The molecule has 32 heteroatoms. The van der Waals surface area contributed by atoms with Crippen molar-refractivity contribution in [2.45, 2.75) is 18.3 Å². The number of allylic oxidation sites excluding steroid dienone is 2. The van der Waals surface area contributed by atoms with Crippen LogP contribution >= 0.6 is 0 Å². The second-order valence-electron chi connectivity index (χ2n) is 18.6. The molecule has 1 aliphatic carbocycles. The molecule has 0 saturated carbocycles. The van der Waals surface area contributed by atoms with Crippen LogP contribution in [0.2, 0.25) is 0 Å². The zero-order valence-corrected chi connectivity index (χ0v) is 41.2. The molecule has 87 heavy (non-hydrogen) atoms. The van der Waals surface area contributed by atoms with E-state index in [0.29, 0.717) is 0 Å². The molecule has 0 fully saturated rings. The zero-order valence-electron chi connectivity index (χ0n) is 41.2. The molecule has 9 rings (SSSR count). The Bertz CT molecular complexity index is 3790. The Morgan fingerprint density at radius 1 is 0.241 bits per heavy atom. The molecule has 8 aromatic rings. The first kappa shape index (κ1) is 62.8. The maximum atomic E-state index is 16.5. The molecule has 0 saturated heterocycles. The summed E-state index contributed by atoms with van der Waals surface area (Å²) < 4.78 is 469. The molecule has 1 aliphatic rings. The van der Waals surface area contributed by atoms with Gasteiger partial charge in [-0.2, -0.15) is 0 Å². The van der Waals surface area contributed by atoms with Gasteiger partial charge in [0.05, 0.1) is 0 Å². The Kier molecular flexibility index (Phi) is 16.3. The highest BCUT2D eigenvalue weighted by molar-refractivity contribution is 7.00. The first-order chi connectivity index (χ1) is 40.7. The lowest BCUT2D eigenvalue weighted by Gasteiger charge is -2.33. The van der Waals surface area contributed by atoms with Gasteiger partial charge in [-0.25, -0.2) is 132 Å². The van der Waals surface area contributed by atoms with E-state index in [9.17, 15) is 26.3 Å². The summed E-state index contributed by atoms with van der Waals surface area (Å²) in [7, 11) is 0. The number of hydrogen-bond donors (Lipinski definition) is 0. The van der Waals surface area contributed by atoms with Gasteiger partial charge in [-0.1, -0.05) is 71.6 Å². The highest BCUT2D eigenvalue weighted by Gasteiger charge is 2.49. The normalized spacial score (nSPS) is 13.0. The monoisotopic (exact) mass is 1270 g/mol. The summed E-state index contributed by atoms with van der Waals surface area (Å²) in [6.45, 7) is -8.72. The quantitative estimate of drug-likeness (QED) is 0.0495. The van der Waals surface area contributed by atoms with Crippen molar-refractivity contribution >= 4 is 46.2 Å². The minimum absolute atomic E-state index is 0.296. The maximum Gasteiger partial charge on any atom is 0.257 e. The topological polar surface area (TPSA) is 0 Å². The van der Waals surface area contributed by atoms with Gasteiger partial charge in [0.25, 0.3) is 13.4 Å². The Morgan fingerprint density at radius 2 is 0.414 bits per heavy atom. The molecule has 0 aliphatic heterocycles. The van der Waals surface area contributed by atoms with E-state index in [1.165, 1.54) is 0 Å². The molecule has 0 bridgehead atoms. The van der Waals surface area contributed by atoms with Crippen molar-refractivity contribution in [3.63, 3.8) is 0 Å². The second-order valence-corrected chi connectivity index (χ2v) is 18.6. The van der Waals surface area contributed by atoms with Crippen molar-refractivity contribution in [1.82, 2.24) is 0 Å². The highest BCUT2D eigenvalue weighted by Crippen LogP contribution is 2.54. The summed E-state index contributed by atoms with van der Waals surface area (Å²) in [5.41, 5.74) is -27.6. The minimum atomic E-state index is -4.36. The van der Waals surface area contributed by atoms with E-state index < -0.39 is 261 Å². The Hall–Kier alpha value is -8.73. The lowest BCUT2D eigenvalue weighted by atomic mass is 9.34. The van der Waals surface area contributed by atoms with Gasteiger partial charge in [0.1, 0.15) is 0 Å². The lowest BCUT2D eigenvalue weighted by molar-refractivity contribution is 0.376. The van der Waals surface area contributed by atoms with Crippen LogP contribution in [0.5, 0.6) is 0 Å². The molecule has 0 unspecified atom stereocenters. The lowest BCUT2D eigenvalue weighted by Crippen LogP contribution is -2.52. The van der Waals surface area contributed by atoms with Gasteiger partial charge in [-0.15, -0.1) is 0 Å². The molecule has 8 aromatic carbocycles. The summed E-state index contributed by atoms with van der Waals surface area (Å²) in [6.07, 6.45) is -4.41. The minimum Gasteiger partial charge on any atom is -0.204 e. The molecule has 0 nitrogen and oxygen atoms in total. The van der Waals surface area contributed by atoms with Crippen LogP contribution in [0, 0.1) is 175 Å². The van der Waals surface area contributed by atoms with Crippen LogP contribution in [-0.2, 0) is 5.41 Å². The predicted molar refractivity (Wildman–Crippen MR) is 245 cm³/mol. The summed E-state index contributed by atoms with van der Waals surface area (Å²) in [6, 6.07) is 7.76. The number of benzene rings is 8. The van der Waals surface area contributed by atoms with E-state index in [1.807, 2.05) is 0 Å². The van der Waals surface area contributed by atoms with Crippen LogP contribution in [-0.4, -0.2) is 13.4 Å². The third-order valence-corrected chi connectivity index (χ3v) is 14.3. The molecule has 0 heterocycles. The molecule has 0 amide bonds. The molecule has 0 radical (unpaired) electrons. The highest BCUT2D eigenvalue weighted by atomic mass is 19.2. The third-order valence-electron chi connectivity index (χ3n) is 14.3. The van der Waals surface area contributed by atoms with Gasteiger partial charge in [-0.3, -0.25) is 0 Å². The second kappa shape index (κ2) is 22.5. The van der Waals surface area contributed by atoms with E-state index in [4.69, 9.17) is 0 Å². The van der Waals surface area contributed by atoms with E-state index in [2.05, 4.69) is 0 Å². The van der Waals surface area contributed by atoms with Crippen molar-refractivity contribution < 1.29 is 132 Å². The Morgan fingerprint density at radius 3 is 0.621 bits per heavy atom. The van der Waals surface area contributed by atoms with Crippen molar-refractivity contribution in [1.29, 1.82) is 0 Å². The number of fused-ring (bicyclic) bond motifs is 3. The molecular formula is C55H14B2F30. The molecular weight excluding hydrogens is 1250 g/mol. The fourth-order valence-corrected chi connectivity index (χ4v) is 10.4. The van der Waals surface area contributed by atoms with Crippen molar-refractivity contribution in [2.24, 2.45) is 0 Å². The van der Waals surface area contributed by atoms with E-state index in [0.717, 1.165) is 48.5 Å². The fourth-order valence-electron chi connectivity index (χ4n) is 10.4. The summed E-state index contributed by atoms with van der Waals surface area (Å²) in [4.78, 5) is 0. The van der Waals surface area contributed by atoms with Crippen molar-refractivity contribution in [3.8, 4) is 11.1 Å². The van der Waals surface area contributed by atoms with Crippen LogP contribution < -0.4 is 21.9 Å². The molecule has 450 valence electrons. The van der Waals surface area contributed by atoms with Crippen LogP contribution in [0.4, 0.5) is 132 Å². The average Bonchev–Trinajstić information content (AvgIpc) is 1.73. The smallest absolute Gasteiger partial charge is 0.204 e. The van der Waals surface area contributed by atoms with Crippen LogP contribution in [0.1, 0.15) is 35.1 Å². The summed E-state index contributed by atoms with van der Waals surface area (Å²) in [5, 5.41) is 0.